The Morgan fingerprint density at radius 2 is 1.81 bits per heavy atom. The fraction of sp³-hybridized carbons (Fsp3) is 0.280. The minimum Gasteiger partial charge on any atom is -0.353 e. The minimum atomic E-state index is 0.0299. The molecule has 0 saturated carbocycles. The van der Waals surface area contributed by atoms with Crippen LogP contribution in [-0.2, 0) is 17.6 Å². The van der Waals surface area contributed by atoms with Crippen LogP contribution in [0.2, 0.25) is 0 Å². The molecule has 1 unspecified atom stereocenters. The van der Waals surface area contributed by atoms with Gasteiger partial charge >= 0.3 is 0 Å². The fourth-order valence-electron chi connectivity index (χ4n) is 4.24. The number of amides is 1. The third kappa shape index (κ3) is 3.84. The van der Waals surface area contributed by atoms with Crippen molar-refractivity contribution in [1.29, 1.82) is 0 Å². The van der Waals surface area contributed by atoms with E-state index in [2.05, 4.69) is 23.3 Å². The van der Waals surface area contributed by atoms with Crippen LogP contribution in [0.4, 0.5) is 0 Å². The molecule has 1 N–H and O–H groups in total. The van der Waals surface area contributed by atoms with Crippen LogP contribution in [0.3, 0.4) is 0 Å². The second-order valence-electron chi connectivity index (χ2n) is 8.26. The Hall–Kier alpha value is -3.32. The molecule has 0 radical (unpaired) electrons. The Morgan fingerprint density at radius 3 is 2.62 bits per heavy atom. The molecule has 162 valence electrons. The molecule has 6 nitrogen and oxygen atoms in total. The van der Waals surface area contributed by atoms with Gasteiger partial charge < -0.3 is 5.32 Å². The van der Waals surface area contributed by atoms with Crippen molar-refractivity contribution in [2.75, 3.05) is 0 Å². The fourth-order valence-corrected chi connectivity index (χ4v) is 5.34. The Balaban J connectivity index is 1.26. The van der Waals surface area contributed by atoms with E-state index in [1.165, 1.54) is 4.70 Å². The molecule has 0 spiro atoms. The lowest BCUT2D eigenvalue weighted by Crippen LogP contribution is -2.34. The quantitative estimate of drug-likeness (QED) is 0.410. The summed E-state index contributed by atoms with van der Waals surface area (Å²) in [6.45, 7) is 6.09. The molecular formula is C25H25N5OS. The van der Waals surface area contributed by atoms with Crippen molar-refractivity contribution in [2.24, 2.45) is 0 Å². The Labute approximate surface area is 190 Å². The molecule has 0 aliphatic rings. The number of carbonyl (C=O) groups excluding carboxylic acids is 1. The molecule has 0 aliphatic heterocycles. The molecule has 3 heterocycles. The summed E-state index contributed by atoms with van der Waals surface area (Å²) in [6.07, 6.45) is 1.78. The maximum atomic E-state index is 12.6. The van der Waals surface area contributed by atoms with Gasteiger partial charge in [0, 0.05) is 35.7 Å². The number of para-hydroxylation sites is 1. The van der Waals surface area contributed by atoms with Gasteiger partial charge in [0.25, 0.3) is 0 Å². The van der Waals surface area contributed by atoms with E-state index in [1.54, 1.807) is 11.3 Å². The van der Waals surface area contributed by atoms with Gasteiger partial charge in [-0.2, -0.15) is 5.10 Å². The lowest BCUT2D eigenvalue weighted by atomic mass is 10.1. The smallest absolute Gasteiger partial charge is 0.220 e. The molecular weight excluding hydrogens is 418 g/mol. The summed E-state index contributed by atoms with van der Waals surface area (Å²) in [7, 11) is 0. The number of rotatable bonds is 6. The molecule has 0 aliphatic carbocycles. The first-order chi connectivity index (χ1) is 15.5. The normalized spacial score (nSPS) is 12.6. The first-order valence-electron chi connectivity index (χ1n) is 10.9. The third-order valence-electron chi connectivity index (χ3n) is 5.85. The van der Waals surface area contributed by atoms with Crippen molar-refractivity contribution in [2.45, 2.75) is 46.1 Å². The molecule has 7 heteroatoms. The van der Waals surface area contributed by atoms with Crippen LogP contribution in [0.1, 0.15) is 35.3 Å². The molecule has 5 rings (SSSR count). The zero-order valence-electron chi connectivity index (χ0n) is 18.4. The molecule has 0 fully saturated rings. The predicted octanol–water partition coefficient (Wildman–Crippen LogP) is 4.79. The van der Waals surface area contributed by atoms with Crippen LogP contribution in [0, 0.1) is 13.8 Å². The molecule has 32 heavy (non-hydrogen) atoms. The van der Waals surface area contributed by atoms with Crippen LogP contribution in [0.5, 0.6) is 0 Å². The number of benzene rings is 2. The summed E-state index contributed by atoms with van der Waals surface area (Å²) < 4.78 is 3.09. The molecule has 1 amide bonds. The van der Waals surface area contributed by atoms with E-state index < -0.39 is 0 Å². The molecule has 5 aromatic rings. The zero-order valence-corrected chi connectivity index (χ0v) is 19.2. The minimum absolute atomic E-state index is 0.0299. The van der Waals surface area contributed by atoms with Gasteiger partial charge in [0.2, 0.25) is 5.91 Å². The SMILES string of the molecule is Cc1nc2c3ccccc3nn2c(C)c1CCC(=O)NC(C)Cc1nc2ccccc2s1. The lowest BCUT2D eigenvalue weighted by molar-refractivity contribution is -0.121. The maximum absolute atomic E-state index is 12.6. The van der Waals surface area contributed by atoms with E-state index in [0.29, 0.717) is 12.8 Å². The van der Waals surface area contributed by atoms with Gasteiger partial charge in [0.1, 0.15) is 0 Å². The monoisotopic (exact) mass is 443 g/mol. The molecule has 3 aromatic heterocycles. The van der Waals surface area contributed by atoms with Crippen molar-refractivity contribution < 1.29 is 4.79 Å². The number of thiazole rings is 1. The lowest BCUT2D eigenvalue weighted by Gasteiger charge is -2.14. The number of nitrogens with zero attached hydrogens (tertiary/aromatic N) is 4. The summed E-state index contributed by atoms with van der Waals surface area (Å²) in [5, 5.41) is 9.93. The predicted molar refractivity (Wildman–Crippen MR) is 129 cm³/mol. The molecule has 2 aromatic carbocycles. The van der Waals surface area contributed by atoms with E-state index in [1.807, 2.05) is 60.8 Å². The first kappa shape index (κ1) is 20.6. The highest BCUT2D eigenvalue weighted by Gasteiger charge is 2.16. The van der Waals surface area contributed by atoms with E-state index in [4.69, 9.17) is 10.1 Å². The van der Waals surface area contributed by atoms with Crippen molar-refractivity contribution in [3.63, 3.8) is 0 Å². The maximum Gasteiger partial charge on any atom is 0.220 e. The van der Waals surface area contributed by atoms with E-state index in [9.17, 15) is 4.79 Å². The average molecular weight is 444 g/mol. The zero-order chi connectivity index (χ0) is 22.2. The standard InChI is InChI=1S/C25H25N5OS/c1-15(14-24-28-21-10-6-7-11-22(21)32-24)26-23(31)13-12-18-16(2)27-25-19-8-4-5-9-20(19)29-30(25)17(18)3/h4-11,15H,12-14H2,1-3H3,(H,26,31). The Bertz CT molecular complexity index is 1420. The summed E-state index contributed by atoms with van der Waals surface area (Å²) in [5.41, 5.74) is 5.90. The first-order valence-corrected chi connectivity index (χ1v) is 11.7. The summed E-state index contributed by atoms with van der Waals surface area (Å²) in [6, 6.07) is 16.2. The van der Waals surface area contributed by atoms with Crippen LogP contribution in [0.25, 0.3) is 26.8 Å². The van der Waals surface area contributed by atoms with Crippen LogP contribution >= 0.6 is 11.3 Å². The van der Waals surface area contributed by atoms with E-state index in [0.717, 1.165) is 50.4 Å². The van der Waals surface area contributed by atoms with Gasteiger partial charge in [-0.3, -0.25) is 4.79 Å². The number of hydrogen-bond donors (Lipinski definition) is 1. The summed E-state index contributed by atoms with van der Waals surface area (Å²) >= 11 is 1.69. The Morgan fingerprint density at radius 1 is 1.06 bits per heavy atom. The van der Waals surface area contributed by atoms with Crippen LogP contribution in [0.15, 0.2) is 48.5 Å². The molecule has 1 atom stereocenters. The van der Waals surface area contributed by atoms with Gasteiger partial charge in [-0.25, -0.2) is 14.5 Å². The average Bonchev–Trinajstić information content (AvgIpc) is 3.34. The topological polar surface area (TPSA) is 72.2 Å². The number of fused-ring (bicyclic) bond motifs is 4. The van der Waals surface area contributed by atoms with Gasteiger partial charge in [0.05, 0.1) is 20.7 Å². The number of nitrogens with one attached hydrogen (secondary N) is 1. The van der Waals surface area contributed by atoms with Gasteiger partial charge in [-0.15, -0.1) is 11.3 Å². The Kier molecular flexibility index (Phi) is 5.35. The number of hydrogen-bond acceptors (Lipinski definition) is 5. The number of carbonyl (C=O) groups is 1. The van der Waals surface area contributed by atoms with Gasteiger partial charge in [-0.05, 0) is 57.0 Å². The molecule has 0 bridgehead atoms. The van der Waals surface area contributed by atoms with Gasteiger partial charge in [0.15, 0.2) is 5.65 Å². The summed E-state index contributed by atoms with van der Waals surface area (Å²) in [4.78, 5) is 22.1. The second kappa shape index (κ2) is 8.31. The second-order valence-corrected chi connectivity index (χ2v) is 9.38. The van der Waals surface area contributed by atoms with Crippen molar-refractivity contribution in [3.8, 4) is 0 Å². The summed E-state index contributed by atoms with van der Waals surface area (Å²) in [5.74, 6) is 0.0446. The number of aryl methyl sites for hydroxylation is 2. The van der Waals surface area contributed by atoms with Crippen molar-refractivity contribution >= 4 is 44.0 Å². The highest BCUT2D eigenvalue weighted by atomic mass is 32.1. The van der Waals surface area contributed by atoms with Crippen LogP contribution in [-0.4, -0.2) is 31.5 Å². The highest BCUT2D eigenvalue weighted by Crippen LogP contribution is 2.24. The van der Waals surface area contributed by atoms with Crippen molar-refractivity contribution in [1.82, 2.24) is 24.9 Å². The molecule has 0 saturated heterocycles. The van der Waals surface area contributed by atoms with E-state index >= 15 is 0 Å². The van der Waals surface area contributed by atoms with Gasteiger partial charge in [-0.1, -0.05) is 24.3 Å². The van der Waals surface area contributed by atoms with Crippen LogP contribution < -0.4 is 5.32 Å². The number of aromatic nitrogens is 4. The van der Waals surface area contributed by atoms with Crippen molar-refractivity contribution in [3.05, 3.63) is 70.5 Å². The highest BCUT2D eigenvalue weighted by molar-refractivity contribution is 7.18. The largest absolute Gasteiger partial charge is 0.353 e. The van der Waals surface area contributed by atoms with E-state index in [-0.39, 0.29) is 11.9 Å². The third-order valence-corrected chi connectivity index (χ3v) is 6.91.